The van der Waals surface area contributed by atoms with Gasteiger partial charge in [-0.25, -0.2) is 9.37 Å². The summed E-state index contributed by atoms with van der Waals surface area (Å²) in [4.78, 5) is 14.2. The van der Waals surface area contributed by atoms with Crippen LogP contribution >= 0.6 is 15.9 Å². The molecular formula is C13H10BrFN2O3. The Morgan fingerprint density at radius 2 is 2.00 bits per heavy atom. The number of nitro groups is 1. The number of pyridine rings is 1. The molecule has 2 aromatic rings. The van der Waals surface area contributed by atoms with E-state index in [1.165, 1.54) is 18.3 Å². The molecule has 1 aromatic carbocycles. The van der Waals surface area contributed by atoms with Crippen molar-refractivity contribution in [1.82, 2.24) is 4.98 Å². The monoisotopic (exact) mass is 340 g/mol. The van der Waals surface area contributed by atoms with Crippen molar-refractivity contribution in [2.24, 2.45) is 0 Å². The van der Waals surface area contributed by atoms with Crippen LogP contribution in [-0.2, 0) is 0 Å². The molecule has 0 aliphatic heterocycles. The van der Waals surface area contributed by atoms with Crippen LogP contribution in [0.25, 0.3) is 0 Å². The Labute approximate surface area is 122 Å². The molecule has 0 aliphatic carbocycles. The fraction of sp³-hybridized carbons (Fsp3) is 0.154. The number of nitrogens with zero attached hydrogens (tertiary/aromatic N) is 2. The van der Waals surface area contributed by atoms with Gasteiger partial charge in [0, 0.05) is 16.2 Å². The molecule has 1 heterocycles. The minimum atomic E-state index is -0.651. The highest BCUT2D eigenvalue weighted by Crippen LogP contribution is 2.32. The van der Waals surface area contributed by atoms with Crippen LogP contribution in [0.15, 0.2) is 28.9 Å². The smallest absolute Gasteiger partial charge is 0.276 e. The summed E-state index contributed by atoms with van der Waals surface area (Å²) in [5.41, 5.74) is 1.10. The lowest BCUT2D eigenvalue weighted by molar-refractivity contribution is -0.385. The lowest BCUT2D eigenvalue weighted by atomic mass is 10.1. The minimum absolute atomic E-state index is 0.0804. The number of rotatable bonds is 3. The number of nitro benzene ring substituents is 1. The third kappa shape index (κ3) is 2.93. The predicted molar refractivity (Wildman–Crippen MR) is 74.5 cm³/mol. The Morgan fingerprint density at radius 1 is 1.30 bits per heavy atom. The molecule has 0 amide bonds. The number of halogens is 2. The normalized spacial score (nSPS) is 10.4. The Morgan fingerprint density at radius 3 is 2.60 bits per heavy atom. The van der Waals surface area contributed by atoms with E-state index in [1.54, 1.807) is 19.9 Å². The Balaban J connectivity index is 2.43. The molecule has 0 unspecified atom stereocenters. The average Bonchev–Trinajstić information content (AvgIpc) is 2.35. The third-order valence-electron chi connectivity index (χ3n) is 2.67. The summed E-state index contributed by atoms with van der Waals surface area (Å²) in [5.74, 6) is -0.674. The van der Waals surface area contributed by atoms with Gasteiger partial charge >= 0.3 is 0 Å². The van der Waals surface area contributed by atoms with Crippen molar-refractivity contribution in [3.05, 3.63) is 55.9 Å². The first-order chi connectivity index (χ1) is 9.38. The van der Waals surface area contributed by atoms with Gasteiger partial charge in [0.15, 0.2) is 5.82 Å². The molecule has 20 heavy (non-hydrogen) atoms. The summed E-state index contributed by atoms with van der Waals surface area (Å²) < 4.78 is 19.5. The summed E-state index contributed by atoms with van der Waals surface area (Å²) in [7, 11) is 0. The summed E-state index contributed by atoms with van der Waals surface area (Å²) in [5, 5.41) is 10.9. The van der Waals surface area contributed by atoms with Gasteiger partial charge in [0.25, 0.3) is 11.6 Å². The summed E-state index contributed by atoms with van der Waals surface area (Å²) in [6, 6.07) is 4.10. The highest BCUT2D eigenvalue weighted by atomic mass is 79.9. The number of benzene rings is 1. The summed E-state index contributed by atoms with van der Waals surface area (Å²) in [6.07, 6.45) is 1.39. The van der Waals surface area contributed by atoms with E-state index in [2.05, 4.69) is 20.9 Å². The zero-order valence-corrected chi connectivity index (χ0v) is 12.3. The first-order valence-electron chi connectivity index (χ1n) is 5.63. The van der Waals surface area contributed by atoms with Gasteiger partial charge in [-0.3, -0.25) is 10.1 Å². The van der Waals surface area contributed by atoms with Crippen LogP contribution in [0.1, 0.15) is 11.1 Å². The maximum Gasteiger partial charge on any atom is 0.276 e. The van der Waals surface area contributed by atoms with Crippen molar-refractivity contribution in [1.29, 1.82) is 0 Å². The molecule has 0 atom stereocenters. The number of ether oxygens (including phenoxy) is 1. The van der Waals surface area contributed by atoms with Gasteiger partial charge in [-0.1, -0.05) is 0 Å². The molecule has 0 bridgehead atoms. The van der Waals surface area contributed by atoms with E-state index in [4.69, 9.17) is 4.74 Å². The van der Waals surface area contributed by atoms with Crippen molar-refractivity contribution in [2.75, 3.05) is 0 Å². The molecule has 1 aromatic heterocycles. The van der Waals surface area contributed by atoms with E-state index in [0.29, 0.717) is 15.6 Å². The molecule has 0 saturated heterocycles. The number of hydrogen-bond donors (Lipinski definition) is 0. The second-order valence-corrected chi connectivity index (χ2v) is 5.12. The van der Waals surface area contributed by atoms with Crippen molar-refractivity contribution < 1.29 is 14.1 Å². The average molecular weight is 341 g/mol. The molecule has 104 valence electrons. The molecule has 0 radical (unpaired) electrons. The highest BCUT2D eigenvalue weighted by Gasteiger charge is 2.16. The van der Waals surface area contributed by atoms with Gasteiger partial charge in [0.05, 0.1) is 11.0 Å². The zero-order valence-electron chi connectivity index (χ0n) is 10.7. The van der Waals surface area contributed by atoms with Gasteiger partial charge in [0.2, 0.25) is 0 Å². The maximum absolute atomic E-state index is 13.7. The maximum atomic E-state index is 13.7. The Hall–Kier alpha value is -2.02. The van der Waals surface area contributed by atoms with Crippen molar-refractivity contribution in [3.63, 3.8) is 0 Å². The van der Waals surface area contributed by atoms with Gasteiger partial charge in [-0.05, 0) is 47.5 Å². The summed E-state index contributed by atoms with van der Waals surface area (Å²) >= 11 is 3.09. The van der Waals surface area contributed by atoms with E-state index in [9.17, 15) is 14.5 Å². The Kier molecular flexibility index (Phi) is 3.99. The van der Waals surface area contributed by atoms with Crippen molar-refractivity contribution in [3.8, 4) is 11.6 Å². The summed E-state index contributed by atoms with van der Waals surface area (Å²) in [6.45, 7) is 3.36. The largest absolute Gasteiger partial charge is 0.436 e. The fourth-order valence-corrected chi connectivity index (χ4v) is 2.01. The number of hydrogen-bond acceptors (Lipinski definition) is 4. The van der Waals surface area contributed by atoms with Gasteiger partial charge in [-0.2, -0.15) is 0 Å². The SMILES string of the molecule is Cc1cc(C)c([N+](=O)[O-])cc1Oc1ncc(Br)cc1F. The van der Waals surface area contributed by atoms with E-state index < -0.39 is 10.7 Å². The van der Waals surface area contributed by atoms with Crippen LogP contribution in [-0.4, -0.2) is 9.91 Å². The van der Waals surface area contributed by atoms with E-state index in [1.807, 2.05) is 0 Å². The second kappa shape index (κ2) is 5.54. The second-order valence-electron chi connectivity index (χ2n) is 4.20. The van der Waals surface area contributed by atoms with Crippen LogP contribution < -0.4 is 4.74 Å². The molecule has 5 nitrogen and oxygen atoms in total. The topological polar surface area (TPSA) is 65.3 Å². The van der Waals surface area contributed by atoms with Crippen molar-refractivity contribution in [2.45, 2.75) is 13.8 Å². The van der Waals surface area contributed by atoms with E-state index in [0.717, 1.165) is 0 Å². The van der Waals surface area contributed by atoms with Crippen LogP contribution in [0.2, 0.25) is 0 Å². The standard InChI is InChI=1S/C13H10BrFN2O3/c1-7-3-8(2)12(5-11(7)17(18)19)20-13-10(15)4-9(14)6-16-13/h3-6H,1-2H3. The molecule has 0 spiro atoms. The van der Waals surface area contributed by atoms with E-state index >= 15 is 0 Å². The van der Waals surface area contributed by atoms with Crippen molar-refractivity contribution >= 4 is 21.6 Å². The van der Waals surface area contributed by atoms with Crippen LogP contribution in [0.5, 0.6) is 11.6 Å². The molecular weight excluding hydrogens is 331 g/mol. The van der Waals surface area contributed by atoms with Crippen LogP contribution in [0.4, 0.5) is 10.1 Å². The predicted octanol–water partition coefficient (Wildman–Crippen LogP) is 4.30. The quantitative estimate of drug-likeness (QED) is 0.617. The molecule has 7 heteroatoms. The Bertz CT molecular complexity index is 692. The number of aromatic nitrogens is 1. The lowest BCUT2D eigenvalue weighted by Gasteiger charge is -2.09. The highest BCUT2D eigenvalue weighted by molar-refractivity contribution is 9.10. The van der Waals surface area contributed by atoms with Gasteiger partial charge in [-0.15, -0.1) is 0 Å². The number of aryl methyl sites for hydroxylation is 2. The molecule has 0 saturated carbocycles. The van der Waals surface area contributed by atoms with Crippen LogP contribution in [0, 0.1) is 29.8 Å². The van der Waals surface area contributed by atoms with E-state index in [-0.39, 0.29) is 17.3 Å². The third-order valence-corrected chi connectivity index (χ3v) is 3.10. The van der Waals surface area contributed by atoms with Gasteiger partial charge in [0.1, 0.15) is 5.75 Å². The molecule has 0 aliphatic rings. The minimum Gasteiger partial charge on any atom is -0.436 e. The lowest BCUT2D eigenvalue weighted by Crippen LogP contribution is -1.97. The zero-order chi connectivity index (χ0) is 14.9. The van der Waals surface area contributed by atoms with Gasteiger partial charge < -0.3 is 4.74 Å². The van der Waals surface area contributed by atoms with Crippen LogP contribution in [0.3, 0.4) is 0 Å². The first-order valence-corrected chi connectivity index (χ1v) is 6.42. The molecule has 0 fully saturated rings. The fourth-order valence-electron chi connectivity index (χ4n) is 1.71. The molecule has 0 N–H and O–H groups in total. The molecule has 2 rings (SSSR count). The first kappa shape index (κ1) is 14.4.